The summed E-state index contributed by atoms with van der Waals surface area (Å²) in [6.07, 6.45) is 12.3. The van der Waals surface area contributed by atoms with E-state index >= 15 is 0 Å². The average molecular weight is 215 g/mol. The van der Waals surface area contributed by atoms with Crippen molar-refractivity contribution in [3.05, 3.63) is 46.6 Å². The molecule has 2 aliphatic rings. The lowest BCUT2D eigenvalue weighted by atomic mass is 9.87. The Balaban J connectivity index is 2.16. The number of hydrogen-bond donors (Lipinski definition) is 1. The summed E-state index contributed by atoms with van der Waals surface area (Å²) in [5.41, 5.74) is 10.2. The predicted octanol–water partition coefficient (Wildman–Crippen LogP) is 2.78. The number of rotatable bonds is 2. The molecule has 2 rings (SSSR count). The molecular formula is C14H17NO. The van der Waals surface area contributed by atoms with Crippen LogP contribution in [0.15, 0.2) is 46.6 Å². The first-order valence-electron chi connectivity index (χ1n) is 5.73. The highest BCUT2D eigenvalue weighted by Gasteiger charge is 2.14. The van der Waals surface area contributed by atoms with Gasteiger partial charge in [-0.3, -0.25) is 4.79 Å². The van der Waals surface area contributed by atoms with Gasteiger partial charge in [0.05, 0.1) is 0 Å². The first-order valence-corrected chi connectivity index (χ1v) is 5.73. The highest BCUT2D eigenvalue weighted by atomic mass is 16.1. The Bertz CT molecular complexity index is 436. The summed E-state index contributed by atoms with van der Waals surface area (Å²) in [4.78, 5) is 11.0. The van der Waals surface area contributed by atoms with E-state index in [1.54, 1.807) is 0 Å². The predicted molar refractivity (Wildman–Crippen MR) is 65.7 cm³/mol. The molecule has 0 fully saturated rings. The van der Waals surface area contributed by atoms with Crippen LogP contribution in [0.4, 0.5) is 0 Å². The summed E-state index contributed by atoms with van der Waals surface area (Å²) in [6, 6.07) is 0. The minimum Gasteiger partial charge on any atom is -0.366 e. The zero-order chi connectivity index (χ0) is 11.5. The van der Waals surface area contributed by atoms with E-state index in [0.29, 0.717) is 0 Å². The zero-order valence-corrected chi connectivity index (χ0v) is 9.62. The van der Waals surface area contributed by atoms with E-state index in [1.165, 1.54) is 16.7 Å². The van der Waals surface area contributed by atoms with Crippen molar-refractivity contribution in [2.24, 2.45) is 5.73 Å². The quantitative estimate of drug-likeness (QED) is 0.756. The van der Waals surface area contributed by atoms with Crippen LogP contribution in [0.25, 0.3) is 0 Å². The maximum absolute atomic E-state index is 11.0. The topological polar surface area (TPSA) is 43.1 Å². The molecule has 0 saturated heterocycles. The van der Waals surface area contributed by atoms with Gasteiger partial charge in [-0.1, -0.05) is 29.9 Å². The second kappa shape index (κ2) is 4.52. The van der Waals surface area contributed by atoms with Gasteiger partial charge in [0.15, 0.2) is 0 Å². The molecule has 0 spiro atoms. The highest BCUT2D eigenvalue weighted by molar-refractivity contribution is 5.92. The molecule has 16 heavy (non-hydrogen) atoms. The Morgan fingerprint density at radius 3 is 2.06 bits per heavy atom. The van der Waals surface area contributed by atoms with Crippen LogP contribution in [-0.4, -0.2) is 5.91 Å². The van der Waals surface area contributed by atoms with Crippen LogP contribution < -0.4 is 5.73 Å². The van der Waals surface area contributed by atoms with Gasteiger partial charge in [-0.05, 0) is 43.8 Å². The number of allylic oxidation sites excluding steroid dienone is 7. The minimum absolute atomic E-state index is 0.288. The van der Waals surface area contributed by atoms with E-state index in [-0.39, 0.29) is 5.91 Å². The van der Waals surface area contributed by atoms with Crippen LogP contribution in [0.3, 0.4) is 0 Å². The molecule has 0 aromatic heterocycles. The van der Waals surface area contributed by atoms with Crippen LogP contribution in [-0.2, 0) is 4.79 Å². The van der Waals surface area contributed by atoms with Crippen molar-refractivity contribution >= 4 is 5.91 Å². The smallest absolute Gasteiger partial charge is 0.244 e. The standard InChI is InChI=1S/C14H17NO/c1-10-2-4-11(5-3-10)12-6-8-13(9-7-12)14(15)16/h2,4,6,8H,3,5,7,9H2,1H3,(H2,15,16). The van der Waals surface area contributed by atoms with Gasteiger partial charge in [-0.15, -0.1) is 0 Å². The van der Waals surface area contributed by atoms with Gasteiger partial charge in [0, 0.05) is 5.57 Å². The highest BCUT2D eigenvalue weighted by Crippen LogP contribution is 2.30. The fourth-order valence-corrected chi connectivity index (χ4v) is 2.12. The SMILES string of the molecule is CC1=CC=C(C2=CC=C(C(N)=O)CC2)CC1. The van der Waals surface area contributed by atoms with Crippen molar-refractivity contribution in [2.75, 3.05) is 0 Å². The number of amides is 1. The summed E-state index contributed by atoms with van der Waals surface area (Å²) >= 11 is 0. The monoisotopic (exact) mass is 215 g/mol. The van der Waals surface area contributed by atoms with Crippen molar-refractivity contribution in [2.45, 2.75) is 32.6 Å². The maximum Gasteiger partial charge on any atom is 0.244 e. The lowest BCUT2D eigenvalue weighted by molar-refractivity contribution is -0.114. The van der Waals surface area contributed by atoms with Crippen molar-refractivity contribution in [1.82, 2.24) is 0 Å². The molecule has 84 valence electrons. The molecule has 0 aromatic carbocycles. The van der Waals surface area contributed by atoms with Gasteiger partial charge < -0.3 is 5.73 Å². The number of hydrogen-bond acceptors (Lipinski definition) is 1. The van der Waals surface area contributed by atoms with Gasteiger partial charge in [-0.25, -0.2) is 0 Å². The average Bonchev–Trinajstić information content (AvgIpc) is 2.30. The lowest BCUT2D eigenvalue weighted by Gasteiger charge is -2.18. The second-order valence-electron chi connectivity index (χ2n) is 4.45. The molecule has 2 heteroatoms. The van der Waals surface area contributed by atoms with Gasteiger partial charge in [0.25, 0.3) is 0 Å². The van der Waals surface area contributed by atoms with Gasteiger partial charge in [0.2, 0.25) is 5.91 Å². The number of carbonyl (C=O) groups is 1. The van der Waals surface area contributed by atoms with Gasteiger partial charge >= 0.3 is 0 Å². The third kappa shape index (κ3) is 2.32. The van der Waals surface area contributed by atoms with Crippen molar-refractivity contribution in [1.29, 1.82) is 0 Å². The first kappa shape index (κ1) is 10.9. The molecule has 0 radical (unpaired) electrons. The molecule has 0 bridgehead atoms. The molecule has 2 nitrogen and oxygen atoms in total. The first-order chi connectivity index (χ1) is 7.66. The number of primary amides is 1. The lowest BCUT2D eigenvalue weighted by Crippen LogP contribution is -2.15. The Morgan fingerprint density at radius 1 is 1.00 bits per heavy atom. The van der Waals surface area contributed by atoms with Crippen LogP contribution in [0.1, 0.15) is 32.6 Å². The van der Waals surface area contributed by atoms with Gasteiger partial charge in [-0.2, -0.15) is 0 Å². The van der Waals surface area contributed by atoms with Crippen LogP contribution in [0.2, 0.25) is 0 Å². The molecule has 0 aromatic rings. The molecule has 2 N–H and O–H groups in total. The molecule has 0 atom stereocenters. The van der Waals surface area contributed by atoms with E-state index in [0.717, 1.165) is 31.3 Å². The zero-order valence-electron chi connectivity index (χ0n) is 9.62. The van der Waals surface area contributed by atoms with Crippen molar-refractivity contribution in [3.63, 3.8) is 0 Å². The fourth-order valence-electron chi connectivity index (χ4n) is 2.12. The third-order valence-electron chi connectivity index (χ3n) is 3.24. The second-order valence-corrected chi connectivity index (χ2v) is 4.45. The summed E-state index contributed by atoms with van der Waals surface area (Å²) in [7, 11) is 0. The molecule has 2 aliphatic carbocycles. The summed E-state index contributed by atoms with van der Waals surface area (Å²) in [5, 5.41) is 0. The Kier molecular flexibility index (Phi) is 3.09. The molecule has 0 saturated carbocycles. The normalized spacial score (nSPS) is 20.6. The summed E-state index contributed by atoms with van der Waals surface area (Å²) in [5.74, 6) is -0.288. The molecule has 0 unspecified atom stereocenters. The van der Waals surface area contributed by atoms with E-state index in [4.69, 9.17) is 5.73 Å². The fraction of sp³-hybridized carbons (Fsp3) is 0.357. The Hall–Kier alpha value is -1.57. The third-order valence-corrected chi connectivity index (χ3v) is 3.24. The summed E-state index contributed by atoms with van der Waals surface area (Å²) < 4.78 is 0. The number of carbonyl (C=O) groups excluding carboxylic acids is 1. The number of nitrogens with two attached hydrogens (primary N) is 1. The van der Waals surface area contributed by atoms with Gasteiger partial charge in [0.1, 0.15) is 0 Å². The van der Waals surface area contributed by atoms with Crippen molar-refractivity contribution in [3.8, 4) is 0 Å². The van der Waals surface area contributed by atoms with E-state index in [2.05, 4.69) is 19.1 Å². The largest absolute Gasteiger partial charge is 0.366 e. The van der Waals surface area contributed by atoms with E-state index < -0.39 is 0 Å². The van der Waals surface area contributed by atoms with Crippen LogP contribution in [0, 0.1) is 0 Å². The molecule has 1 amide bonds. The van der Waals surface area contributed by atoms with Crippen molar-refractivity contribution < 1.29 is 4.79 Å². The maximum atomic E-state index is 11.0. The van der Waals surface area contributed by atoms with E-state index in [9.17, 15) is 4.79 Å². The Morgan fingerprint density at radius 2 is 1.62 bits per heavy atom. The molecule has 0 aliphatic heterocycles. The van der Waals surface area contributed by atoms with Crippen LogP contribution >= 0.6 is 0 Å². The summed E-state index contributed by atoms with van der Waals surface area (Å²) in [6.45, 7) is 2.16. The minimum atomic E-state index is -0.288. The van der Waals surface area contributed by atoms with Crippen LogP contribution in [0.5, 0.6) is 0 Å². The molecular weight excluding hydrogens is 198 g/mol. The van der Waals surface area contributed by atoms with E-state index in [1.807, 2.05) is 12.2 Å². The Labute approximate surface area is 96.2 Å². The molecule has 0 heterocycles.